The molecule has 0 atom stereocenters. The Morgan fingerprint density at radius 1 is 1.17 bits per heavy atom. The molecule has 0 spiro atoms. The summed E-state index contributed by atoms with van der Waals surface area (Å²) < 4.78 is 43.2. The van der Waals surface area contributed by atoms with Crippen LogP contribution in [0.15, 0.2) is 36.9 Å². The number of carbonyl (C=O) groups excluding carboxylic acids is 1. The molecule has 0 unspecified atom stereocenters. The summed E-state index contributed by atoms with van der Waals surface area (Å²) in [5.74, 6) is -0.180. The highest BCUT2D eigenvalue weighted by atomic mass is 19.4. The van der Waals surface area contributed by atoms with Gasteiger partial charge in [0, 0.05) is 30.4 Å². The SMILES string of the molecule is CN(CCn1cncn1)C(=O)c1ccc(-n2nc(C(F)(F)F)c3c2CCCC3)cc1. The summed E-state index contributed by atoms with van der Waals surface area (Å²) in [6, 6.07) is 6.52. The Hall–Kier alpha value is -3.17. The van der Waals surface area contributed by atoms with Gasteiger partial charge in [-0.3, -0.25) is 9.48 Å². The van der Waals surface area contributed by atoms with Crippen LogP contribution in [0.3, 0.4) is 0 Å². The van der Waals surface area contributed by atoms with E-state index in [2.05, 4.69) is 15.2 Å². The molecule has 3 aromatic rings. The minimum Gasteiger partial charge on any atom is -0.340 e. The van der Waals surface area contributed by atoms with Gasteiger partial charge in [0.1, 0.15) is 12.7 Å². The predicted molar refractivity (Wildman–Crippen MR) is 102 cm³/mol. The van der Waals surface area contributed by atoms with E-state index in [9.17, 15) is 18.0 Å². The number of amides is 1. The molecule has 1 amide bonds. The van der Waals surface area contributed by atoms with E-state index in [1.54, 1.807) is 47.2 Å². The number of aromatic nitrogens is 5. The van der Waals surface area contributed by atoms with E-state index in [-0.39, 0.29) is 5.91 Å². The fourth-order valence-electron chi connectivity index (χ4n) is 3.71. The molecule has 0 N–H and O–H groups in total. The van der Waals surface area contributed by atoms with E-state index in [0.29, 0.717) is 48.4 Å². The number of nitrogens with zero attached hydrogens (tertiary/aromatic N) is 6. The Bertz CT molecular complexity index is 1020. The average molecular weight is 418 g/mol. The van der Waals surface area contributed by atoms with Gasteiger partial charge in [0.15, 0.2) is 5.69 Å². The fraction of sp³-hybridized carbons (Fsp3) is 0.400. The second-order valence-corrected chi connectivity index (χ2v) is 7.32. The Morgan fingerprint density at radius 2 is 1.90 bits per heavy atom. The molecule has 0 saturated carbocycles. The number of hydrogen-bond donors (Lipinski definition) is 0. The van der Waals surface area contributed by atoms with Crippen molar-refractivity contribution in [1.29, 1.82) is 0 Å². The van der Waals surface area contributed by atoms with Crippen LogP contribution in [0, 0.1) is 0 Å². The lowest BCUT2D eigenvalue weighted by atomic mass is 9.95. The van der Waals surface area contributed by atoms with Crippen LogP contribution in [-0.4, -0.2) is 48.9 Å². The van der Waals surface area contributed by atoms with Crippen LogP contribution < -0.4 is 0 Å². The normalized spacial score (nSPS) is 13.9. The van der Waals surface area contributed by atoms with E-state index in [1.165, 1.54) is 11.0 Å². The zero-order valence-electron chi connectivity index (χ0n) is 16.4. The van der Waals surface area contributed by atoms with Gasteiger partial charge in [-0.2, -0.15) is 23.4 Å². The molecule has 2 heterocycles. The first kappa shape index (κ1) is 20.1. The molecular weight excluding hydrogens is 397 g/mol. The molecule has 0 saturated heterocycles. The van der Waals surface area contributed by atoms with Gasteiger partial charge < -0.3 is 4.90 Å². The maximum atomic E-state index is 13.4. The smallest absolute Gasteiger partial charge is 0.340 e. The molecule has 1 aliphatic rings. The van der Waals surface area contributed by atoms with Gasteiger partial charge in [0.05, 0.1) is 12.2 Å². The minimum atomic E-state index is -4.48. The largest absolute Gasteiger partial charge is 0.435 e. The third kappa shape index (κ3) is 3.94. The van der Waals surface area contributed by atoms with Crippen molar-refractivity contribution in [2.75, 3.05) is 13.6 Å². The van der Waals surface area contributed by atoms with Crippen LogP contribution in [0.5, 0.6) is 0 Å². The second kappa shape index (κ2) is 7.92. The van der Waals surface area contributed by atoms with Gasteiger partial charge in [-0.15, -0.1) is 0 Å². The van der Waals surface area contributed by atoms with Crippen molar-refractivity contribution >= 4 is 5.91 Å². The van der Waals surface area contributed by atoms with Gasteiger partial charge in [0.2, 0.25) is 0 Å². The molecule has 0 radical (unpaired) electrons. The molecule has 0 bridgehead atoms. The summed E-state index contributed by atoms with van der Waals surface area (Å²) in [6.07, 6.45) is 1.04. The van der Waals surface area contributed by atoms with Gasteiger partial charge in [-0.05, 0) is 49.9 Å². The molecule has 0 fully saturated rings. The maximum Gasteiger partial charge on any atom is 0.435 e. The molecular formula is C20H21F3N6O. The van der Waals surface area contributed by atoms with Gasteiger partial charge in [-0.1, -0.05) is 0 Å². The molecule has 0 aliphatic heterocycles. The van der Waals surface area contributed by atoms with Gasteiger partial charge >= 0.3 is 6.18 Å². The molecule has 1 aliphatic carbocycles. The third-order valence-corrected chi connectivity index (χ3v) is 5.29. The van der Waals surface area contributed by atoms with Crippen molar-refractivity contribution in [2.24, 2.45) is 0 Å². The lowest BCUT2D eigenvalue weighted by Crippen LogP contribution is -2.30. The molecule has 7 nitrogen and oxygen atoms in total. The molecule has 2 aromatic heterocycles. The van der Waals surface area contributed by atoms with Gasteiger partial charge in [-0.25, -0.2) is 9.67 Å². The first-order valence-electron chi connectivity index (χ1n) is 9.71. The lowest BCUT2D eigenvalue weighted by molar-refractivity contribution is -0.142. The van der Waals surface area contributed by atoms with Gasteiger partial charge in [0.25, 0.3) is 5.91 Å². The number of benzene rings is 1. The monoisotopic (exact) mass is 418 g/mol. The van der Waals surface area contributed by atoms with Crippen molar-refractivity contribution in [3.05, 3.63) is 59.4 Å². The van der Waals surface area contributed by atoms with Crippen molar-refractivity contribution in [3.63, 3.8) is 0 Å². The quantitative estimate of drug-likeness (QED) is 0.639. The molecule has 4 rings (SSSR count). The van der Waals surface area contributed by atoms with Crippen LogP contribution in [0.4, 0.5) is 13.2 Å². The van der Waals surface area contributed by atoms with E-state index in [0.717, 1.165) is 12.8 Å². The third-order valence-electron chi connectivity index (χ3n) is 5.29. The average Bonchev–Trinajstić information content (AvgIpc) is 3.39. The number of carbonyl (C=O) groups is 1. The maximum absolute atomic E-state index is 13.4. The number of alkyl halides is 3. The van der Waals surface area contributed by atoms with Crippen LogP contribution >= 0.6 is 0 Å². The fourth-order valence-corrected chi connectivity index (χ4v) is 3.71. The zero-order valence-corrected chi connectivity index (χ0v) is 16.4. The standard InChI is InChI=1S/C20H21F3N6O/c1-27(10-11-28-13-24-12-25-28)19(30)14-6-8-15(9-7-14)29-17-5-3-2-4-16(17)18(26-29)20(21,22)23/h6-9,12-13H,2-5,10-11H2,1H3. The first-order valence-corrected chi connectivity index (χ1v) is 9.71. The van der Waals surface area contributed by atoms with E-state index >= 15 is 0 Å². The summed E-state index contributed by atoms with van der Waals surface area (Å²) in [4.78, 5) is 18.1. The molecule has 10 heteroatoms. The zero-order chi connectivity index (χ0) is 21.3. The summed E-state index contributed by atoms with van der Waals surface area (Å²) in [7, 11) is 1.69. The van der Waals surface area contributed by atoms with Crippen LogP contribution in [-0.2, 0) is 25.6 Å². The summed E-state index contributed by atoms with van der Waals surface area (Å²) in [5.41, 5.74) is 1.08. The van der Waals surface area contributed by atoms with Crippen molar-refractivity contribution in [2.45, 2.75) is 38.4 Å². The summed E-state index contributed by atoms with van der Waals surface area (Å²) in [5, 5.41) is 7.88. The summed E-state index contributed by atoms with van der Waals surface area (Å²) in [6.45, 7) is 0.964. The van der Waals surface area contributed by atoms with E-state index in [1.807, 2.05) is 0 Å². The van der Waals surface area contributed by atoms with Crippen LogP contribution in [0.25, 0.3) is 5.69 Å². The highest BCUT2D eigenvalue weighted by Gasteiger charge is 2.39. The molecule has 30 heavy (non-hydrogen) atoms. The number of fused-ring (bicyclic) bond motifs is 1. The Kier molecular flexibility index (Phi) is 5.31. The second-order valence-electron chi connectivity index (χ2n) is 7.32. The van der Waals surface area contributed by atoms with Crippen molar-refractivity contribution in [3.8, 4) is 5.69 Å². The number of halogens is 3. The molecule has 158 valence electrons. The van der Waals surface area contributed by atoms with E-state index < -0.39 is 11.9 Å². The number of rotatable bonds is 5. The molecule has 1 aromatic carbocycles. The minimum absolute atomic E-state index is 0.180. The highest BCUT2D eigenvalue weighted by molar-refractivity contribution is 5.94. The first-order chi connectivity index (χ1) is 14.3. The predicted octanol–water partition coefficient (Wildman–Crippen LogP) is 3.13. The van der Waals surface area contributed by atoms with Crippen molar-refractivity contribution < 1.29 is 18.0 Å². The Balaban J connectivity index is 1.54. The number of hydrogen-bond acceptors (Lipinski definition) is 4. The van der Waals surface area contributed by atoms with Crippen molar-refractivity contribution in [1.82, 2.24) is 29.4 Å². The van der Waals surface area contributed by atoms with Crippen LogP contribution in [0.2, 0.25) is 0 Å². The van der Waals surface area contributed by atoms with Crippen LogP contribution in [0.1, 0.15) is 40.2 Å². The topological polar surface area (TPSA) is 68.8 Å². The number of likely N-dealkylation sites (N-methyl/N-ethyl adjacent to an activating group) is 1. The lowest BCUT2D eigenvalue weighted by Gasteiger charge is -2.17. The highest BCUT2D eigenvalue weighted by Crippen LogP contribution is 2.36. The summed E-state index contributed by atoms with van der Waals surface area (Å²) >= 11 is 0. The Morgan fingerprint density at radius 3 is 2.57 bits per heavy atom. The Labute approximate surface area is 171 Å². The van der Waals surface area contributed by atoms with E-state index in [4.69, 9.17) is 0 Å².